The molecule has 20 heavy (non-hydrogen) atoms. The van der Waals surface area contributed by atoms with Crippen LogP contribution < -0.4 is 15.4 Å². The molecule has 0 saturated heterocycles. The number of rotatable bonds is 7. The van der Waals surface area contributed by atoms with Crippen LogP contribution in [-0.2, 0) is 11.3 Å². The number of methoxy groups -OCH3 is 1. The standard InChI is InChI=1S/C15H25N3O2/c1-5-18(6-2)15(19)11-17(3)14-9-13(20-4)8-7-12(14)10-16/h7-9H,5-6,10-11,16H2,1-4H3. The number of amides is 1. The number of anilines is 1. The van der Waals surface area contributed by atoms with Gasteiger partial charge in [-0.25, -0.2) is 0 Å². The summed E-state index contributed by atoms with van der Waals surface area (Å²) in [5.41, 5.74) is 7.70. The topological polar surface area (TPSA) is 58.8 Å². The lowest BCUT2D eigenvalue weighted by Crippen LogP contribution is -2.39. The summed E-state index contributed by atoms with van der Waals surface area (Å²) < 4.78 is 5.24. The third-order valence-corrected chi connectivity index (χ3v) is 3.41. The number of carbonyl (C=O) groups excluding carboxylic acids is 1. The van der Waals surface area contributed by atoms with E-state index in [0.717, 1.165) is 30.1 Å². The van der Waals surface area contributed by atoms with E-state index in [1.807, 2.05) is 48.9 Å². The molecule has 0 bridgehead atoms. The monoisotopic (exact) mass is 279 g/mol. The van der Waals surface area contributed by atoms with Crippen LogP contribution in [0.2, 0.25) is 0 Å². The van der Waals surface area contributed by atoms with Crippen LogP contribution in [0, 0.1) is 0 Å². The minimum absolute atomic E-state index is 0.114. The van der Waals surface area contributed by atoms with E-state index in [1.165, 1.54) is 0 Å². The van der Waals surface area contributed by atoms with Crippen molar-refractivity contribution < 1.29 is 9.53 Å². The highest BCUT2D eigenvalue weighted by Gasteiger charge is 2.15. The fourth-order valence-electron chi connectivity index (χ4n) is 2.16. The van der Waals surface area contributed by atoms with Crippen molar-refractivity contribution in [1.29, 1.82) is 0 Å². The zero-order chi connectivity index (χ0) is 15.1. The highest BCUT2D eigenvalue weighted by atomic mass is 16.5. The van der Waals surface area contributed by atoms with E-state index in [9.17, 15) is 4.79 Å². The second kappa shape index (κ2) is 7.75. The Morgan fingerprint density at radius 2 is 1.95 bits per heavy atom. The van der Waals surface area contributed by atoms with Gasteiger partial charge in [0.2, 0.25) is 5.91 Å². The number of nitrogens with two attached hydrogens (primary N) is 1. The lowest BCUT2D eigenvalue weighted by atomic mass is 10.1. The van der Waals surface area contributed by atoms with Crippen molar-refractivity contribution in [2.45, 2.75) is 20.4 Å². The molecule has 0 saturated carbocycles. The van der Waals surface area contributed by atoms with E-state index in [-0.39, 0.29) is 5.91 Å². The third kappa shape index (κ3) is 3.87. The summed E-state index contributed by atoms with van der Waals surface area (Å²) in [4.78, 5) is 15.9. The van der Waals surface area contributed by atoms with Gasteiger partial charge in [0.15, 0.2) is 0 Å². The Kier molecular flexibility index (Phi) is 6.31. The van der Waals surface area contributed by atoms with Crippen molar-refractivity contribution in [3.05, 3.63) is 23.8 Å². The molecule has 1 amide bonds. The zero-order valence-electron chi connectivity index (χ0n) is 12.8. The van der Waals surface area contributed by atoms with Crippen molar-refractivity contribution in [2.24, 2.45) is 5.73 Å². The van der Waals surface area contributed by atoms with Gasteiger partial charge < -0.3 is 20.3 Å². The van der Waals surface area contributed by atoms with Crippen molar-refractivity contribution in [3.8, 4) is 5.75 Å². The Morgan fingerprint density at radius 1 is 1.30 bits per heavy atom. The molecule has 0 fully saturated rings. The maximum atomic E-state index is 12.2. The van der Waals surface area contributed by atoms with Crippen LogP contribution in [0.1, 0.15) is 19.4 Å². The average Bonchev–Trinajstić information content (AvgIpc) is 2.47. The summed E-state index contributed by atoms with van der Waals surface area (Å²) >= 11 is 0. The Morgan fingerprint density at radius 3 is 2.45 bits per heavy atom. The van der Waals surface area contributed by atoms with E-state index < -0.39 is 0 Å². The molecule has 0 unspecified atom stereocenters. The summed E-state index contributed by atoms with van der Waals surface area (Å²) in [5.74, 6) is 0.877. The van der Waals surface area contributed by atoms with Crippen molar-refractivity contribution in [1.82, 2.24) is 4.90 Å². The first-order chi connectivity index (χ1) is 9.57. The second-order valence-corrected chi connectivity index (χ2v) is 4.62. The minimum Gasteiger partial charge on any atom is -0.497 e. The third-order valence-electron chi connectivity index (χ3n) is 3.41. The number of likely N-dealkylation sites (N-methyl/N-ethyl adjacent to an activating group) is 2. The van der Waals surface area contributed by atoms with Crippen LogP contribution in [0.4, 0.5) is 5.69 Å². The zero-order valence-corrected chi connectivity index (χ0v) is 12.8. The first-order valence-electron chi connectivity index (χ1n) is 6.93. The molecule has 112 valence electrons. The Bertz CT molecular complexity index is 445. The minimum atomic E-state index is 0.114. The van der Waals surface area contributed by atoms with Gasteiger partial charge in [0.1, 0.15) is 5.75 Å². The molecule has 0 aliphatic carbocycles. The summed E-state index contributed by atoms with van der Waals surface area (Å²) in [6.45, 7) is 6.19. The molecule has 1 aromatic rings. The van der Waals surface area contributed by atoms with E-state index in [1.54, 1.807) is 7.11 Å². The smallest absolute Gasteiger partial charge is 0.242 e. The number of nitrogens with zero attached hydrogens (tertiary/aromatic N) is 2. The fraction of sp³-hybridized carbons (Fsp3) is 0.533. The molecular formula is C15H25N3O2. The van der Waals surface area contributed by atoms with E-state index >= 15 is 0 Å². The van der Waals surface area contributed by atoms with Crippen LogP contribution in [0.5, 0.6) is 5.75 Å². The molecule has 0 aliphatic rings. The van der Waals surface area contributed by atoms with Crippen LogP contribution in [0.15, 0.2) is 18.2 Å². The second-order valence-electron chi connectivity index (χ2n) is 4.62. The molecule has 0 aliphatic heterocycles. The molecule has 0 heterocycles. The van der Waals surface area contributed by atoms with E-state index in [2.05, 4.69) is 0 Å². The molecule has 5 nitrogen and oxygen atoms in total. The molecule has 1 aromatic carbocycles. The predicted molar refractivity (Wildman–Crippen MR) is 82.1 cm³/mol. The summed E-state index contributed by atoms with van der Waals surface area (Å²) in [6.07, 6.45) is 0. The highest BCUT2D eigenvalue weighted by molar-refractivity contribution is 5.81. The molecule has 0 radical (unpaired) electrons. The number of hydrogen-bond donors (Lipinski definition) is 1. The number of hydrogen-bond acceptors (Lipinski definition) is 4. The highest BCUT2D eigenvalue weighted by Crippen LogP contribution is 2.25. The maximum absolute atomic E-state index is 12.2. The number of carbonyl (C=O) groups is 1. The van der Waals surface area contributed by atoms with Crippen LogP contribution in [0.25, 0.3) is 0 Å². The van der Waals surface area contributed by atoms with Gasteiger partial charge in [-0.05, 0) is 25.5 Å². The Labute approximate surface area is 121 Å². The van der Waals surface area contributed by atoms with Gasteiger partial charge in [-0.2, -0.15) is 0 Å². The molecule has 2 N–H and O–H groups in total. The molecule has 5 heteroatoms. The van der Waals surface area contributed by atoms with Gasteiger partial charge >= 0.3 is 0 Å². The number of ether oxygens (including phenoxy) is 1. The SMILES string of the molecule is CCN(CC)C(=O)CN(C)c1cc(OC)ccc1CN. The van der Waals surface area contributed by atoms with Crippen LogP contribution in [0.3, 0.4) is 0 Å². The lowest BCUT2D eigenvalue weighted by Gasteiger charge is -2.26. The van der Waals surface area contributed by atoms with E-state index in [0.29, 0.717) is 13.1 Å². The van der Waals surface area contributed by atoms with Crippen molar-refractivity contribution in [2.75, 3.05) is 38.7 Å². The molecule has 0 atom stereocenters. The quantitative estimate of drug-likeness (QED) is 0.821. The van der Waals surface area contributed by atoms with Crippen molar-refractivity contribution >= 4 is 11.6 Å². The molecule has 0 aromatic heterocycles. The van der Waals surface area contributed by atoms with Crippen LogP contribution >= 0.6 is 0 Å². The summed E-state index contributed by atoms with van der Waals surface area (Å²) in [6, 6.07) is 5.73. The normalized spacial score (nSPS) is 10.2. The van der Waals surface area contributed by atoms with Gasteiger partial charge in [-0.1, -0.05) is 6.07 Å². The molecular weight excluding hydrogens is 254 g/mol. The first kappa shape index (κ1) is 16.3. The first-order valence-corrected chi connectivity index (χ1v) is 6.93. The largest absolute Gasteiger partial charge is 0.497 e. The number of benzene rings is 1. The summed E-state index contributed by atoms with van der Waals surface area (Å²) in [5, 5.41) is 0. The Hall–Kier alpha value is -1.75. The van der Waals surface area contributed by atoms with Crippen LogP contribution in [-0.4, -0.2) is 44.6 Å². The van der Waals surface area contributed by atoms with Gasteiger partial charge in [-0.3, -0.25) is 4.79 Å². The average molecular weight is 279 g/mol. The van der Waals surface area contributed by atoms with Gasteiger partial charge in [0.25, 0.3) is 0 Å². The van der Waals surface area contributed by atoms with Gasteiger partial charge in [0.05, 0.1) is 13.7 Å². The molecule has 0 spiro atoms. The molecule has 1 rings (SSSR count). The van der Waals surface area contributed by atoms with Gasteiger partial charge in [-0.15, -0.1) is 0 Å². The fourth-order valence-corrected chi connectivity index (χ4v) is 2.16. The summed E-state index contributed by atoms with van der Waals surface area (Å²) in [7, 11) is 3.53. The van der Waals surface area contributed by atoms with Crippen molar-refractivity contribution in [3.63, 3.8) is 0 Å². The lowest BCUT2D eigenvalue weighted by molar-refractivity contribution is -0.129. The van der Waals surface area contributed by atoms with Gasteiger partial charge in [0, 0.05) is 38.4 Å². The maximum Gasteiger partial charge on any atom is 0.242 e. The van der Waals surface area contributed by atoms with E-state index in [4.69, 9.17) is 10.5 Å². The Balaban J connectivity index is 2.90. The predicted octanol–water partition coefficient (Wildman–Crippen LogP) is 1.46.